The van der Waals surface area contributed by atoms with Crippen LogP contribution < -0.4 is 25.0 Å². The molecule has 0 atom stereocenters. The minimum atomic E-state index is -1.08. The highest BCUT2D eigenvalue weighted by molar-refractivity contribution is 6.10. The molecule has 3 amide bonds. The molecule has 25 heteroatoms. The van der Waals surface area contributed by atoms with E-state index in [9.17, 15) is 34.2 Å². The van der Waals surface area contributed by atoms with Crippen LogP contribution in [0.15, 0.2) is 146 Å². The summed E-state index contributed by atoms with van der Waals surface area (Å²) in [6.45, 7) is 12.9. The first-order valence-corrected chi connectivity index (χ1v) is 33.8. The van der Waals surface area contributed by atoms with Gasteiger partial charge in [0.1, 0.15) is 66.3 Å². The number of para-hydroxylation sites is 3. The first-order valence-electron chi connectivity index (χ1n) is 33.8. The van der Waals surface area contributed by atoms with E-state index in [4.69, 9.17) is 53.5 Å². The predicted molar refractivity (Wildman–Crippen MR) is 379 cm³/mol. The van der Waals surface area contributed by atoms with Crippen LogP contribution >= 0.6 is 0 Å². The Hall–Kier alpha value is -11.0. The smallest absolute Gasteiger partial charge is 0.413 e. The molecule has 5 aromatic heterocycles. The number of nitrogens with zero attached hydrogens (tertiary/aromatic N) is 10. The van der Waals surface area contributed by atoms with Crippen molar-refractivity contribution in [2.24, 2.45) is 0 Å². The number of anilines is 3. The second-order valence-corrected chi connectivity index (χ2v) is 25.9. The number of aliphatic hydroxyl groups is 2. The van der Waals surface area contributed by atoms with Crippen molar-refractivity contribution in [2.45, 2.75) is 150 Å². The van der Waals surface area contributed by atoms with Crippen molar-refractivity contribution in [3.63, 3.8) is 0 Å². The highest BCUT2D eigenvalue weighted by atomic mass is 16.6. The summed E-state index contributed by atoms with van der Waals surface area (Å²) in [5, 5.41) is 38.2. The number of ether oxygens (including phenoxy) is 6. The van der Waals surface area contributed by atoms with Gasteiger partial charge in [-0.15, -0.1) is 5.10 Å². The van der Waals surface area contributed by atoms with E-state index in [1.165, 1.54) is 0 Å². The zero-order valence-electron chi connectivity index (χ0n) is 57.2. The molecule has 1 aliphatic heterocycles. The third-order valence-corrected chi connectivity index (χ3v) is 16.9. The summed E-state index contributed by atoms with van der Waals surface area (Å²) in [7, 11) is 0. The van der Waals surface area contributed by atoms with Crippen molar-refractivity contribution in [2.75, 3.05) is 28.7 Å². The van der Waals surface area contributed by atoms with Gasteiger partial charge in [-0.25, -0.2) is 34.2 Å². The number of amides is 3. The van der Waals surface area contributed by atoms with E-state index >= 15 is 0 Å². The zero-order valence-corrected chi connectivity index (χ0v) is 57.2. The molecule has 522 valence electrons. The number of imidazole rings is 2. The van der Waals surface area contributed by atoms with Gasteiger partial charge in [-0.05, 0) is 126 Å². The summed E-state index contributed by atoms with van der Waals surface area (Å²) < 4.78 is 39.7. The van der Waals surface area contributed by atoms with E-state index in [-0.39, 0.29) is 82.9 Å². The maximum Gasteiger partial charge on any atom is 0.413 e. The lowest BCUT2D eigenvalue weighted by Crippen LogP contribution is -2.31. The second-order valence-electron chi connectivity index (χ2n) is 25.9. The fourth-order valence-electron chi connectivity index (χ4n) is 12.3. The van der Waals surface area contributed by atoms with Crippen LogP contribution in [-0.2, 0) is 85.9 Å². The Morgan fingerprint density at radius 2 is 0.990 bits per heavy atom. The third-order valence-electron chi connectivity index (χ3n) is 16.9. The maximum atomic E-state index is 14.4. The van der Waals surface area contributed by atoms with E-state index in [0.29, 0.717) is 124 Å². The van der Waals surface area contributed by atoms with Gasteiger partial charge in [-0.1, -0.05) is 108 Å². The maximum absolute atomic E-state index is 14.4. The van der Waals surface area contributed by atoms with Crippen molar-refractivity contribution in [1.82, 2.24) is 44.1 Å². The normalized spacial score (nSPS) is 12.2. The first kappa shape index (κ1) is 69.9. The van der Waals surface area contributed by atoms with Crippen molar-refractivity contribution in [1.29, 1.82) is 0 Å². The molecule has 0 saturated carbocycles. The Balaban J connectivity index is 0.606. The number of aryl methyl sites for hydroxylation is 1. The molecule has 1 aliphatic rings. The number of esters is 2. The lowest BCUT2D eigenvalue weighted by atomic mass is 9.95. The third kappa shape index (κ3) is 16.8. The summed E-state index contributed by atoms with van der Waals surface area (Å²) in [5.41, 5.74) is 7.24. The number of benzene rings is 6. The minimum Gasteiger partial charge on any atom is -0.444 e. The van der Waals surface area contributed by atoms with Crippen LogP contribution in [0.2, 0.25) is 0 Å². The monoisotopic (exact) mass is 1370 g/mol. The molecule has 0 saturated heterocycles. The highest BCUT2D eigenvalue weighted by Crippen LogP contribution is 2.42. The lowest BCUT2D eigenvalue weighted by Gasteiger charge is -2.29. The molecule has 0 spiro atoms. The zero-order chi connectivity index (χ0) is 70.8. The Morgan fingerprint density at radius 3 is 1.50 bits per heavy atom. The molecule has 0 unspecified atom stereocenters. The fraction of sp³-hybridized carbons (Fsp3) is 0.329. The number of fused-ring (bicyclic) bond motifs is 11. The number of nitrogens with one attached hydrogen (secondary N) is 2. The van der Waals surface area contributed by atoms with E-state index in [1.807, 2.05) is 125 Å². The fourth-order valence-corrected chi connectivity index (χ4v) is 12.3. The largest absolute Gasteiger partial charge is 0.444 e. The van der Waals surface area contributed by atoms with Gasteiger partial charge in [0.05, 0.1) is 64.3 Å². The molecule has 0 radical (unpaired) electrons. The average Bonchev–Trinajstić information content (AvgIpc) is 1.65. The Labute approximate surface area is 582 Å². The van der Waals surface area contributed by atoms with Crippen LogP contribution in [0.1, 0.15) is 115 Å². The van der Waals surface area contributed by atoms with E-state index in [2.05, 4.69) is 15.8 Å². The quantitative estimate of drug-likeness (QED) is 0.0201. The summed E-state index contributed by atoms with van der Waals surface area (Å²) in [6, 6.07) is 43.8. The van der Waals surface area contributed by atoms with Gasteiger partial charge in [0.15, 0.2) is 11.6 Å². The number of unbranched alkanes of at least 4 members (excludes halogenated alkanes) is 2. The van der Waals surface area contributed by atoms with Gasteiger partial charge >= 0.3 is 24.1 Å². The topological polar surface area (TPSA) is 301 Å². The molecule has 11 aromatic rings. The van der Waals surface area contributed by atoms with E-state index < -0.39 is 35.3 Å². The van der Waals surface area contributed by atoms with Crippen LogP contribution in [-0.4, -0.2) is 109 Å². The number of carbonyl (C=O) groups is 5. The molecule has 0 fully saturated rings. The van der Waals surface area contributed by atoms with Gasteiger partial charge in [0.2, 0.25) is 5.91 Å². The molecule has 12 rings (SSSR count). The second kappa shape index (κ2) is 31.1. The standard InChI is InChI=1S/C76H80N12O13/c1-7-96-44-60-79-66-68(86(60)46-75(3,4)94)54-23-11-14-26-57(54)77-71(66)81-73(92)98-42-48-32-36-51(37-33-48)100-63(90)30-18-17-29-62(89)85-41-50-21-9-10-22-53(50)65-70(56-25-13-16-28-59(56)85)88(84-83-65)40-20-19-31-64(91)101-52-38-34-49(35-39-52)43-99-74(93)82-72-67-69(55-24-12-15-27-58(55)78-72)87(47-76(5,6)95)61(80-67)45-97-8-2/h9-16,21-28,32-39,94-95H,7-8,17-20,29-31,40-47H2,1-6H3,(H,77,81,92)(H,78,82,93). The van der Waals surface area contributed by atoms with Gasteiger partial charge in [0.25, 0.3) is 0 Å². The predicted octanol–water partition coefficient (Wildman–Crippen LogP) is 13.3. The van der Waals surface area contributed by atoms with E-state index in [1.54, 1.807) is 81.1 Å². The summed E-state index contributed by atoms with van der Waals surface area (Å²) in [4.78, 5) is 88.2. The molecule has 6 heterocycles. The minimum absolute atomic E-state index is 0.0745. The summed E-state index contributed by atoms with van der Waals surface area (Å²) >= 11 is 0. The van der Waals surface area contributed by atoms with Crippen LogP contribution in [0.3, 0.4) is 0 Å². The molecular formula is C76H80N12O13. The number of hydrogen-bond acceptors (Lipinski definition) is 19. The van der Waals surface area contributed by atoms with Crippen molar-refractivity contribution < 1.29 is 62.6 Å². The number of hydrogen-bond donors (Lipinski definition) is 4. The van der Waals surface area contributed by atoms with Gasteiger partial charge in [-0.3, -0.25) is 25.0 Å². The highest BCUT2D eigenvalue weighted by Gasteiger charge is 2.31. The SMILES string of the molecule is CCOCc1nc2c(NC(=O)OCc3ccc(OC(=O)CCCCC(=O)N4Cc5ccccc5-c5nnn(CCCCC(=O)Oc6ccc(COC(=O)Nc7nc8ccccc8c8c7nc(COCC)n8CC(C)(C)O)cc6)c5-c5ccccc54)cc3)nc3ccccc3c2n1CC(C)(C)O. The number of pyridine rings is 2. The molecule has 25 nitrogen and oxygen atoms in total. The van der Waals surface area contributed by atoms with Crippen LogP contribution in [0.25, 0.3) is 66.4 Å². The van der Waals surface area contributed by atoms with Crippen molar-refractivity contribution in [3.05, 3.63) is 174 Å². The number of carbonyl (C=O) groups excluding carboxylic acids is 5. The molecule has 6 aromatic carbocycles. The molecule has 0 bridgehead atoms. The van der Waals surface area contributed by atoms with Crippen molar-refractivity contribution in [3.8, 4) is 34.0 Å². The number of rotatable bonds is 28. The van der Waals surface area contributed by atoms with Crippen LogP contribution in [0.4, 0.5) is 26.9 Å². The Morgan fingerprint density at radius 1 is 0.525 bits per heavy atom. The first-order chi connectivity index (χ1) is 48.8. The van der Waals surface area contributed by atoms with Gasteiger partial charge < -0.3 is 52.7 Å². The average molecular weight is 1370 g/mol. The van der Waals surface area contributed by atoms with Gasteiger partial charge in [0, 0.05) is 60.9 Å². The van der Waals surface area contributed by atoms with Crippen molar-refractivity contribution >= 4 is 91.2 Å². The number of aromatic nitrogens is 9. The van der Waals surface area contributed by atoms with Crippen LogP contribution in [0.5, 0.6) is 11.5 Å². The Bertz CT molecular complexity index is 4840. The van der Waals surface area contributed by atoms with Crippen LogP contribution in [0, 0.1) is 0 Å². The molecular weight excluding hydrogens is 1290 g/mol. The summed E-state index contributed by atoms with van der Waals surface area (Å²) in [6.07, 6.45) is 0.726. The summed E-state index contributed by atoms with van der Waals surface area (Å²) in [5.74, 6) is 1.20. The molecule has 0 aliphatic carbocycles. The molecule has 101 heavy (non-hydrogen) atoms. The van der Waals surface area contributed by atoms with E-state index in [0.717, 1.165) is 33.2 Å². The molecule has 4 N–H and O–H groups in total. The van der Waals surface area contributed by atoms with Gasteiger partial charge in [-0.2, -0.15) is 0 Å². The lowest BCUT2D eigenvalue weighted by molar-refractivity contribution is -0.135. The Kier molecular flexibility index (Phi) is 21.5.